The smallest absolute Gasteiger partial charge is 0.250 e. The van der Waals surface area contributed by atoms with Crippen molar-refractivity contribution in [1.82, 2.24) is 10.8 Å². The molecule has 0 unspecified atom stereocenters. The topological polar surface area (TPSA) is 27.6 Å². The minimum atomic E-state index is -0.911. The highest BCUT2D eigenvalue weighted by atomic mass is 32.1. The highest BCUT2D eigenvalue weighted by molar-refractivity contribution is 7.85. The van der Waals surface area contributed by atoms with E-state index >= 15 is 0 Å². The van der Waals surface area contributed by atoms with Crippen LogP contribution in [0.3, 0.4) is 0 Å². The second kappa shape index (κ2) is 3.08. The van der Waals surface area contributed by atoms with Crippen LogP contribution >= 0.6 is 12.6 Å². The molecule has 0 bridgehead atoms. The summed E-state index contributed by atoms with van der Waals surface area (Å²) in [5, 5.41) is 2.66. The monoisotopic (exact) mass is 179 g/mol. The molecular formula is C5H7F2N3S. The number of rotatable bonds is 1. The molecular weight excluding hydrogens is 172 g/mol. The van der Waals surface area contributed by atoms with Gasteiger partial charge in [0.2, 0.25) is 0 Å². The lowest BCUT2D eigenvalue weighted by molar-refractivity contribution is -0.0216. The molecule has 0 saturated carbocycles. The number of hydrazone groups is 1. The predicted molar refractivity (Wildman–Crippen MR) is 40.9 cm³/mol. The summed E-state index contributed by atoms with van der Waals surface area (Å²) in [4.78, 5) is 0.0569. The van der Waals surface area contributed by atoms with E-state index < -0.39 is 5.97 Å². The Morgan fingerprint density at radius 1 is 1.73 bits per heavy atom. The lowest BCUT2D eigenvalue weighted by Crippen LogP contribution is -2.31. The van der Waals surface area contributed by atoms with Crippen LogP contribution in [0.25, 0.3) is 0 Å². The van der Waals surface area contributed by atoms with Crippen molar-refractivity contribution in [3.05, 3.63) is 10.6 Å². The van der Waals surface area contributed by atoms with E-state index in [-0.39, 0.29) is 10.2 Å². The normalized spacial score (nSPS) is 18.2. The molecule has 3 nitrogen and oxygen atoms in total. The van der Waals surface area contributed by atoms with E-state index in [9.17, 15) is 8.87 Å². The molecule has 1 aliphatic heterocycles. The summed E-state index contributed by atoms with van der Waals surface area (Å²) in [5.41, 5.74) is 2.57. The van der Waals surface area contributed by atoms with Crippen LogP contribution in [-0.2, 0) is 0 Å². The fourth-order valence-electron chi connectivity index (χ4n) is 0.685. The van der Waals surface area contributed by atoms with Gasteiger partial charge in [0, 0.05) is 0 Å². The summed E-state index contributed by atoms with van der Waals surface area (Å²) >= 11 is 3.79. The summed E-state index contributed by atoms with van der Waals surface area (Å²) in [6.07, 6.45) is 0.474. The molecule has 0 radical (unpaired) electrons. The van der Waals surface area contributed by atoms with E-state index in [1.54, 1.807) is 6.92 Å². The number of hydrogen-bond donors (Lipinski definition) is 2. The number of hydrogen-bond acceptors (Lipinski definition) is 4. The SMILES string of the molecule is CCC1=C(S)C(F)=NN(F)N1. The van der Waals surface area contributed by atoms with E-state index in [1.165, 1.54) is 0 Å². The Morgan fingerprint density at radius 3 is 2.91 bits per heavy atom. The maximum absolute atomic E-state index is 12.6. The van der Waals surface area contributed by atoms with Gasteiger partial charge in [-0.3, -0.25) is 5.43 Å². The van der Waals surface area contributed by atoms with Crippen molar-refractivity contribution >= 4 is 18.6 Å². The summed E-state index contributed by atoms with van der Waals surface area (Å²) in [7, 11) is 0. The Labute approximate surface area is 68.1 Å². The third-order valence-corrected chi connectivity index (χ3v) is 1.69. The molecule has 62 valence electrons. The molecule has 0 atom stereocenters. The lowest BCUT2D eigenvalue weighted by Gasteiger charge is -2.18. The molecule has 1 aliphatic rings. The van der Waals surface area contributed by atoms with Gasteiger partial charge in [-0.15, -0.1) is 12.6 Å². The van der Waals surface area contributed by atoms with Crippen LogP contribution in [0.2, 0.25) is 0 Å². The Morgan fingerprint density at radius 2 is 2.36 bits per heavy atom. The predicted octanol–water partition coefficient (Wildman–Crippen LogP) is 1.53. The second-order valence-electron chi connectivity index (χ2n) is 1.94. The van der Waals surface area contributed by atoms with Crippen molar-refractivity contribution in [1.29, 1.82) is 0 Å². The molecule has 1 N–H and O–H groups in total. The van der Waals surface area contributed by atoms with E-state index in [0.29, 0.717) is 12.1 Å². The highest BCUT2D eigenvalue weighted by Gasteiger charge is 2.17. The first-order valence-electron chi connectivity index (χ1n) is 3.04. The maximum Gasteiger partial charge on any atom is 0.250 e. The van der Waals surface area contributed by atoms with Gasteiger partial charge in [-0.05, 0) is 11.8 Å². The second-order valence-corrected chi connectivity index (χ2v) is 2.39. The highest BCUT2D eigenvalue weighted by Crippen LogP contribution is 2.18. The van der Waals surface area contributed by atoms with Crippen molar-refractivity contribution in [2.75, 3.05) is 0 Å². The Balaban J connectivity index is 2.90. The van der Waals surface area contributed by atoms with Crippen LogP contribution < -0.4 is 5.43 Å². The van der Waals surface area contributed by atoms with Crippen molar-refractivity contribution in [3.8, 4) is 0 Å². The van der Waals surface area contributed by atoms with Crippen molar-refractivity contribution in [2.24, 2.45) is 5.10 Å². The average molecular weight is 179 g/mol. The van der Waals surface area contributed by atoms with Crippen LogP contribution in [0.15, 0.2) is 15.7 Å². The summed E-state index contributed by atoms with van der Waals surface area (Å²) in [5.74, 6) is -0.911. The maximum atomic E-state index is 12.6. The third-order valence-electron chi connectivity index (χ3n) is 1.24. The quantitative estimate of drug-likeness (QED) is 0.472. The first-order chi connectivity index (χ1) is 5.15. The van der Waals surface area contributed by atoms with Gasteiger partial charge in [0.1, 0.15) is 0 Å². The van der Waals surface area contributed by atoms with Gasteiger partial charge in [0.15, 0.2) is 0 Å². The van der Waals surface area contributed by atoms with Crippen LogP contribution in [0, 0.1) is 0 Å². The minimum Gasteiger partial charge on any atom is -0.256 e. The van der Waals surface area contributed by atoms with Crippen molar-refractivity contribution in [3.63, 3.8) is 0 Å². The van der Waals surface area contributed by atoms with Gasteiger partial charge in [-0.2, -0.15) is 4.39 Å². The van der Waals surface area contributed by atoms with Gasteiger partial charge in [-0.25, -0.2) is 0 Å². The molecule has 0 aliphatic carbocycles. The standard InChI is InChI=1S/C5H7F2N3S/c1-2-3-4(11)5(6)9-10(7)8-3/h8,11H,2H2,1H3. The molecule has 0 fully saturated rings. The fraction of sp³-hybridized carbons (Fsp3) is 0.400. The number of hydrazine groups is 1. The van der Waals surface area contributed by atoms with E-state index in [4.69, 9.17) is 0 Å². The zero-order chi connectivity index (χ0) is 8.43. The third kappa shape index (κ3) is 1.62. The molecule has 0 aromatic rings. The van der Waals surface area contributed by atoms with E-state index in [2.05, 4.69) is 23.2 Å². The van der Waals surface area contributed by atoms with Gasteiger partial charge in [0.25, 0.3) is 5.97 Å². The Hall–Kier alpha value is -0.780. The Kier molecular flexibility index (Phi) is 2.33. The molecule has 0 aromatic carbocycles. The van der Waals surface area contributed by atoms with Crippen LogP contribution in [-0.4, -0.2) is 11.3 Å². The number of nitrogens with one attached hydrogen (secondary N) is 1. The van der Waals surface area contributed by atoms with E-state index in [1.807, 2.05) is 0 Å². The first-order valence-corrected chi connectivity index (χ1v) is 3.49. The zero-order valence-corrected chi connectivity index (χ0v) is 6.70. The molecule has 11 heavy (non-hydrogen) atoms. The molecule has 1 heterocycles. The van der Waals surface area contributed by atoms with Gasteiger partial charge in [-0.1, -0.05) is 16.5 Å². The van der Waals surface area contributed by atoms with Crippen molar-refractivity contribution < 1.29 is 8.87 Å². The Bertz CT molecular complexity index is 226. The zero-order valence-electron chi connectivity index (χ0n) is 5.80. The number of nitrogens with zero attached hydrogens (tertiary/aromatic N) is 2. The van der Waals surface area contributed by atoms with Gasteiger partial charge >= 0.3 is 0 Å². The number of allylic oxidation sites excluding steroid dienone is 2. The summed E-state index contributed by atoms with van der Waals surface area (Å²) < 4.78 is 24.8. The average Bonchev–Trinajstić information content (AvgIpc) is 1.96. The molecule has 6 heteroatoms. The molecule has 0 saturated heterocycles. The largest absolute Gasteiger partial charge is 0.256 e. The minimum absolute atomic E-state index is 0.0569. The molecule has 0 amide bonds. The van der Waals surface area contributed by atoms with Crippen LogP contribution in [0.4, 0.5) is 8.87 Å². The van der Waals surface area contributed by atoms with Gasteiger partial charge < -0.3 is 0 Å². The first kappa shape index (κ1) is 8.32. The van der Waals surface area contributed by atoms with Crippen LogP contribution in [0.5, 0.6) is 0 Å². The molecule has 1 rings (SSSR count). The van der Waals surface area contributed by atoms with Crippen LogP contribution in [0.1, 0.15) is 13.3 Å². The summed E-state index contributed by atoms with van der Waals surface area (Å²) in [6, 6.07) is 0. The van der Waals surface area contributed by atoms with Crippen molar-refractivity contribution in [2.45, 2.75) is 13.3 Å². The number of halogens is 2. The summed E-state index contributed by atoms with van der Waals surface area (Å²) in [6.45, 7) is 1.75. The fourth-order valence-corrected chi connectivity index (χ4v) is 0.938. The molecule has 0 aromatic heterocycles. The van der Waals surface area contributed by atoms with E-state index in [0.717, 1.165) is 0 Å². The lowest BCUT2D eigenvalue weighted by atomic mass is 10.3. The molecule has 0 spiro atoms. The van der Waals surface area contributed by atoms with Gasteiger partial charge in [0.05, 0.1) is 10.6 Å². The number of thiol groups is 1.